The number of fused-ring (bicyclic) bond motifs is 1. The molecule has 0 saturated heterocycles. The lowest BCUT2D eigenvalue weighted by molar-refractivity contribution is -0.121. The maximum absolute atomic E-state index is 11.9. The third-order valence-electron chi connectivity index (χ3n) is 3.33. The number of carbonyl (C=O) groups is 1. The van der Waals surface area contributed by atoms with Crippen LogP contribution in [-0.4, -0.2) is 12.9 Å². The summed E-state index contributed by atoms with van der Waals surface area (Å²) in [6, 6.07) is 6.09. The summed E-state index contributed by atoms with van der Waals surface area (Å²) in [5.41, 5.74) is 2.51. The zero-order valence-electron chi connectivity index (χ0n) is 9.95. The molecule has 0 fully saturated rings. The quantitative estimate of drug-likeness (QED) is 0.779. The van der Waals surface area contributed by atoms with Crippen molar-refractivity contribution in [2.75, 3.05) is 7.11 Å². The molecular weight excluding hydrogens is 200 g/mol. The van der Waals surface area contributed by atoms with Crippen molar-refractivity contribution in [1.82, 2.24) is 0 Å². The number of carbonyl (C=O) groups excluding carboxylic acids is 1. The Hall–Kier alpha value is -1.31. The van der Waals surface area contributed by atoms with Crippen LogP contribution < -0.4 is 4.74 Å². The molecule has 0 radical (unpaired) electrons. The van der Waals surface area contributed by atoms with E-state index in [0.717, 1.165) is 25.0 Å². The van der Waals surface area contributed by atoms with Gasteiger partial charge in [0.1, 0.15) is 11.5 Å². The number of methoxy groups -OCH3 is 1. The molecule has 0 bridgehead atoms. The minimum atomic E-state index is 0.125. The van der Waals surface area contributed by atoms with Crippen LogP contribution in [-0.2, 0) is 11.2 Å². The highest BCUT2D eigenvalue weighted by molar-refractivity contribution is 5.88. The van der Waals surface area contributed by atoms with E-state index in [2.05, 4.69) is 19.1 Å². The van der Waals surface area contributed by atoms with Gasteiger partial charge in [0.2, 0.25) is 0 Å². The molecule has 0 aliphatic heterocycles. The first-order valence-corrected chi connectivity index (χ1v) is 5.95. The van der Waals surface area contributed by atoms with Gasteiger partial charge < -0.3 is 4.74 Å². The SMILES string of the molecule is CCCC1C(=O)CCc2cc(OC)ccc21. The van der Waals surface area contributed by atoms with E-state index in [1.54, 1.807) is 7.11 Å². The van der Waals surface area contributed by atoms with Gasteiger partial charge in [-0.25, -0.2) is 0 Å². The van der Waals surface area contributed by atoms with Crippen LogP contribution in [0.25, 0.3) is 0 Å². The van der Waals surface area contributed by atoms with Gasteiger partial charge in [-0.2, -0.15) is 0 Å². The summed E-state index contributed by atoms with van der Waals surface area (Å²) < 4.78 is 5.22. The second-order valence-electron chi connectivity index (χ2n) is 4.37. The zero-order valence-corrected chi connectivity index (χ0v) is 9.95. The Kier molecular flexibility index (Phi) is 3.28. The molecule has 0 heterocycles. The molecule has 1 aromatic carbocycles. The molecule has 0 aromatic heterocycles. The van der Waals surface area contributed by atoms with Crippen molar-refractivity contribution in [3.8, 4) is 5.75 Å². The Balaban J connectivity index is 2.36. The number of rotatable bonds is 3. The second kappa shape index (κ2) is 4.69. The van der Waals surface area contributed by atoms with E-state index in [4.69, 9.17) is 4.74 Å². The Morgan fingerprint density at radius 1 is 1.38 bits per heavy atom. The van der Waals surface area contributed by atoms with Crippen molar-refractivity contribution in [2.45, 2.75) is 38.5 Å². The predicted octanol–water partition coefficient (Wildman–Crippen LogP) is 3.09. The number of aryl methyl sites for hydroxylation is 1. The third kappa shape index (κ3) is 1.97. The molecule has 1 aliphatic rings. The standard InChI is InChI=1S/C14H18O2/c1-3-4-13-12-7-6-11(16-2)9-10(12)5-8-14(13)15/h6-7,9,13H,3-5,8H2,1-2H3. The van der Waals surface area contributed by atoms with Gasteiger partial charge in [-0.1, -0.05) is 19.4 Å². The first-order chi connectivity index (χ1) is 7.76. The van der Waals surface area contributed by atoms with E-state index in [9.17, 15) is 4.79 Å². The highest BCUT2D eigenvalue weighted by Crippen LogP contribution is 2.34. The van der Waals surface area contributed by atoms with E-state index in [-0.39, 0.29) is 5.92 Å². The van der Waals surface area contributed by atoms with E-state index in [1.165, 1.54) is 11.1 Å². The van der Waals surface area contributed by atoms with E-state index in [0.29, 0.717) is 12.2 Å². The molecule has 1 unspecified atom stereocenters. The number of ether oxygens (including phenoxy) is 1. The van der Waals surface area contributed by atoms with Crippen molar-refractivity contribution < 1.29 is 9.53 Å². The summed E-state index contributed by atoms with van der Waals surface area (Å²) in [7, 11) is 1.68. The Morgan fingerprint density at radius 2 is 2.19 bits per heavy atom. The lowest BCUT2D eigenvalue weighted by Gasteiger charge is -2.24. The highest BCUT2D eigenvalue weighted by atomic mass is 16.5. The van der Waals surface area contributed by atoms with Crippen molar-refractivity contribution >= 4 is 5.78 Å². The van der Waals surface area contributed by atoms with Gasteiger partial charge in [0.25, 0.3) is 0 Å². The van der Waals surface area contributed by atoms with Crippen LogP contribution in [0, 0.1) is 0 Å². The maximum atomic E-state index is 11.9. The summed E-state index contributed by atoms with van der Waals surface area (Å²) in [5.74, 6) is 1.42. The van der Waals surface area contributed by atoms with Crippen molar-refractivity contribution in [3.63, 3.8) is 0 Å². The van der Waals surface area contributed by atoms with Crippen LogP contribution in [0.4, 0.5) is 0 Å². The summed E-state index contributed by atoms with van der Waals surface area (Å²) in [6.07, 6.45) is 3.58. The van der Waals surface area contributed by atoms with E-state index >= 15 is 0 Å². The smallest absolute Gasteiger partial charge is 0.140 e. The largest absolute Gasteiger partial charge is 0.497 e. The Morgan fingerprint density at radius 3 is 2.88 bits per heavy atom. The second-order valence-corrected chi connectivity index (χ2v) is 4.37. The molecule has 2 heteroatoms. The minimum absolute atomic E-state index is 0.125. The average Bonchev–Trinajstić information content (AvgIpc) is 2.32. The molecule has 0 spiro atoms. The third-order valence-corrected chi connectivity index (χ3v) is 3.33. The van der Waals surface area contributed by atoms with Gasteiger partial charge in [-0.05, 0) is 36.1 Å². The number of Topliss-reactive ketones (excluding diaryl/α,β-unsaturated/α-hetero) is 1. The number of ketones is 1. The summed E-state index contributed by atoms with van der Waals surface area (Å²) >= 11 is 0. The first kappa shape index (κ1) is 11.2. The van der Waals surface area contributed by atoms with Crippen LogP contribution in [0.5, 0.6) is 5.75 Å². The summed E-state index contributed by atoms with van der Waals surface area (Å²) in [6.45, 7) is 2.13. The molecular formula is C14H18O2. The fourth-order valence-electron chi connectivity index (χ4n) is 2.48. The predicted molar refractivity (Wildman–Crippen MR) is 64.0 cm³/mol. The lowest BCUT2D eigenvalue weighted by atomic mass is 9.79. The molecule has 1 atom stereocenters. The van der Waals surface area contributed by atoms with Crippen LogP contribution in [0.3, 0.4) is 0 Å². The molecule has 1 aromatic rings. The highest BCUT2D eigenvalue weighted by Gasteiger charge is 2.26. The van der Waals surface area contributed by atoms with Crippen molar-refractivity contribution in [3.05, 3.63) is 29.3 Å². The molecule has 0 amide bonds. The normalized spacial score (nSPS) is 19.4. The summed E-state index contributed by atoms with van der Waals surface area (Å²) in [4.78, 5) is 11.9. The molecule has 16 heavy (non-hydrogen) atoms. The van der Waals surface area contributed by atoms with Crippen LogP contribution >= 0.6 is 0 Å². The average molecular weight is 218 g/mol. The molecule has 0 N–H and O–H groups in total. The summed E-state index contributed by atoms with van der Waals surface area (Å²) in [5, 5.41) is 0. The molecule has 86 valence electrons. The van der Waals surface area contributed by atoms with Gasteiger partial charge >= 0.3 is 0 Å². The fourth-order valence-corrected chi connectivity index (χ4v) is 2.48. The Bertz CT molecular complexity index is 396. The van der Waals surface area contributed by atoms with Gasteiger partial charge in [0.05, 0.1) is 7.11 Å². The van der Waals surface area contributed by atoms with Crippen molar-refractivity contribution in [1.29, 1.82) is 0 Å². The topological polar surface area (TPSA) is 26.3 Å². The van der Waals surface area contributed by atoms with Gasteiger partial charge in [0.15, 0.2) is 0 Å². The Labute approximate surface area is 96.6 Å². The number of benzene rings is 1. The number of hydrogen-bond acceptors (Lipinski definition) is 2. The first-order valence-electron chi connectivity index (χ1n) is 5.95. The maximum Gasteiger partial charge on any atom is 0.140 e. The van der Waals surface area contributed by atoms with Gasteiger partial charge in [-0.3, -0.25) is 4.79 Å². The molecule has 2 rings (SSSR count). The molecule has 1 aliphatic carbocycles. The number of hydrogen-bond donors (Lipinski definition) is 0. The lowest BCUT2D eigenvalue weighted by Crippen LogP contribution is -2.20. The van der Waals surface area contributed by atoms with Crippen LogP contribution in [0.15, 0.2) is 18.2 Å². The van der Waals surface area contributed by atoms with Crippen molar-refractivity contribution in [2.24, 2.45) is 0 Å². The molecule has 0 saturated carbocycles. The monoisotopic (exact) mass is 218 g/mol. The van der Waals surface area contributed by atoms with Gasteiger partial charge in [-0.15, -0.1) is 0 Å². The fraction of sp³-hybridized carbons (Fsp3) is 0.500. The van der Waals surface area contributed by atoms with Crippen LogP contribution in [0.2, 0.25) is 0 Å². The van der Waals surface area contributed by atoms with E-state index in [1.807, 2.05) is 6.07 Å². The minimum Gasteiger partial charge on any atom is -0.497 e. The van der Waals surface area contributed by atoms with E-state index < -0.39 is 0 Å². The zero-order chi connectivity index (χ0) is 11.5. The molecule has 2 nitrogen and oxygen atoms in total. The van der Waals surface area contributed by atoms with Gasteiger partial charge in [0, 0.05) is 12.3 Å². The van der Waals surface area contributed by atoms with Crippen LogP contribution in [0.1, 0.15) is 43.2 Å².